The molecular formula is C47H38N2S. The van der Waals surface area contributed by atoms with Crippen LogP contribution in [0.4, 0.5) is 5.69 Å². The van der Waals surface area contributed by atoms with Crippen LogP contribution < -0.4 is 10.6 Å². The van der Waals surface area contributed by atoms with E-state index in [1.54, 1.807) is 0 Å². The molecule has 1 spiro atoms. The largest absolute Gasteiger partial charge is 0.366 e. The molecule has 0 radical (unpaired) electrons. The van der Waals surface area contributed by atoms with E-state index in [2.05, 4.69) is 182 Å². The average Bonchev–Trinajstić information content (AvgIpc) is 3.47. The van der Waals surface area contributed by atoms with Crippen LogP contribution in [-0.4, -0.2) is 0 Å². The van der Waals surface area contributed by atoms with Crippen LogP contribution in [0.15, 0.2) is 176 Å². The van der Waals surface area contributed by atoms with Crippen molar-refractivity contribution in [3.63, 3.8) is 0 Å². The van der Waals surface area contributed by atoms with Crippen molar-refractivity contribution in [3.8, 4) is 11.1 Å². The molecule has 2 N–H and O–H groups in total. The van der Waals surface area contributed by atoms with Crippen molar-refractivity contribution in [1.29, 1.82) is 0 Å². The number of fused-ring (bicyclic) bond motifs is 10. The summed E-state index contributed by atoms with van der Waals surface area (Å²) < 4.78 is 0. The van der Waals surface area contributed by atoms with Crippen molar-refractivity contribution in [2.24, 2.45) is 0 Å². The van der Waals surface area contributed by atoms with Gasteiger partial charge in [-0.3, -0.25) is 5.32 Å². The molecule has 0 saturated heterocycles. The van der Waals surface area contributed by atoms with E-state index < -0.39 is 0 Å². The zero-order chi connectivity index (χ0) is 33.7. The topological polar surface area (TPSA) is 24.1 Å². The highest BCUT2D eigenvalue weighted by Crippen LogP contribution is 2.57. The van der Waals surface area contributed by atoms with E-state index in [0.29, 0.717) is 0 Å². The molecule has 2 aliphatic heterocycles. The van der Waals surface area contributed by atoms with Gasteiger partial charge >= 0.3 is 0 Å². The van der Waals surface area contributed by atoms with Gasteiger partial charge in [-0.05, 0) is 85.0 Å². The van der Waals surface area contributed by atoms with Crippen LogP contribution in [0.5, 0.6) is 0 Å². The molecule has 0 fully saturated rings. The predicted octanol–water partition coefficient (Wildman–Crippen LogP) is 11.6. The van der Waals surface area contributed by atoms with Gasteiger partial charge in [-0.2, -0.15) is 0 Å². The molecule has 10 rings (SSSR count). The summed E-state index contributed by atoms with van der Waals surface area (Å²) in [5.74, 6) is 0.898. The van der Waals surface area contributed by atoms with E-state index in [1.807, 2.05) is 11.8 Å². The zero-order valence-electron chi connectivity index (χ0n) is 27.9. The monoisotopic (exact) mass is 662 g/mol. The van der Waals surface area contributed by atoms with Crippen LogP contribution >= 0.6 is 11.8 Å². The number of anilines is 1. The molecule has 0 bridgehead atoms. The number of hydrogen-bond donors (Lipinski definition) is 2. The van der Waals surface area contributed by atoms with Crippen LogP contribution in [-0.2, 0) is 17.6 Å². The summed E-state index contributed by atoms with van der Waals surface area (Å²) in [5.41, 5.74) is 14.6. The standard InChI is InChI=1S/C45H34N2S.C2H4/c1-3-16-31-29(13-1)15-11-20-34(31)43-36-19-6-9-25-41(36)46-44(47-43)35-21-12-24-40-37(35)28-48-42-26-10-2-14-30(42)27-45(40)38-22-7-4-17-32(38)33-18-5-8-23-39(33)45;1-2/h1-26,43-44,46-47H,27-28H2;1-2H2. The molecule has 2 atom stereocenters. The highest BCUT2D eigenvalue weighted by Gasteiger charge is 2.47. The van der Waals surface area contributed by atoms with Crippen LogP contribution in [0.25, 0.3) is 21.9 Å². The van der Waals surface area contributed by atoms with Crippen LogP contribution in [0, 0.1) is 0 Å². The predicted molar refractivity (Wildman–Crippen MR) is 211 cm³/mol. The third-order valence-electron chi connectivity index (χ3n) is 10.9. The van der Waals surface area contributed by atoms with Gasteiger partial charge in [0.15, 0.2) is 0 Å². The second kappa shape index (κ2) is 12.5. The molecule has 0 saturated carbocycles. The molecule has 0 amide bonds. The molecule has 7 aromatic carbocycles. The third-order valence-corrected chi connectivity index (χ3v) is 12.0. The van der Waals surface area contributed by atoms with Crippen molar-refractivity contribution >= 4 is 28.2 Å². The Bertz CT molecular complexity index is 2340. The Morgan fingerprint density at radius 1 is 0.560 bits per heavy atom. The maximum Gasteiger partial charge on any atom is 0.104 e. The number of para-hydroxylation sites is 1. The fourth-order valence-electron chi connectivity index (χ4n) is 8.82. The summed E-state index contributed by atoms with van der Waals surface area (Å²) in [6.45, 7) is 6.00. The lowest BCUT2D eigenvalue weighted by Gasteiger charge is -2.40. The quantitative estimate of drug-likeness (QED) is 0.180. The van der Waals surface area contributed by atoms with Gasteiger partial charge in [-0.15, -0.1) is 24.9 Å². The minimum absolute atomic E-state index is 0.0400. The van der Waals surface area contributed by atoms with Crippen molar-refractivity contribution in [2.75, 3.05) is 5.32 Å². The Labute approximate surface area is 298 Å². The number of nitrogens with one attached hydrogen (secondary N) is 2. The second-order valence-corrected chi connectivity index (χ2v) is 14.3. The number of hydrogen-bond acceptors (Lipinski definition) is 3. The number of rotatable bonds is 2. The molecule has 0 aromatic heterocycles. The SMILES string of the molecule is C=C.c1ccc2c(c1)CC1(c3ccccc3-c3ccccc31)c1cccc(C3Nc4ccccc4C(c4cccc5ccccc45)N3)c1CS2. The van der Waals surface area contributed by atoms with E-state index in [4.69, 9.17) is 0 Å². The molecular weight excluding hydrogens is 625 g/mol. The Hall–Kier alpha value is -5.35. The molecule has 3 heteroatoms. The molecule has 3 aliphatic rings. The van der Waals surface area contributed by atoms with E-state index in [9.17, 15) is 0 Å². The summed E-state index contributed by atoms with van der Waals surface area (Å²) in [6, 6.07) is 58.7. The van der Waals surface area contributed by atoms with Gasteiger partial charge in [0.1, 0.15) is 6.17 Å². The Kier molecular flexibility index (Phi) is 7.68. The summed E-state index contributed by atoms with van der Waals surface area (Å²) in [7, 11) is 0. The lowest BCUT2D eigenvalue weighted by atomic mass is 9.66. The Morgan fingerprint density at radius 2 is 1.16 bits per heavy atom. The smallest absolute Gasteiger partial charge is 0.104 e. The summed E-state index contributed by atoms with van der Waals surface area (Å²) in [5, 5.41) is 10.7. The van der Waals surface area contributed by atoms with Gasteiger partial charge < -0.3 is 5.32 Å². The van der Waals surface area contributed by atoms with Gasteiger partial charge in [0, 0.05) is 16.3 Å². The summed E-state index contributed by atoms with van der Waals surface area (Å²) >= 11 is 1.98. The van der Waals surface area contributed by atoms with E-state index >= 15 is 0 Å². The minimum atomic E-state index is -0.294. The first-order valence-corrected chi connectivity index (χ1v) is 18.4. The van der Waals surface area contributed by atoms with Gasteiger partial charge in [-0.1, -0.05) is 146 Å². The number of thioether (sulfide) groups is 1. The Morgan fingerprint density at radius 3 is 2.00 bits per heavy atom. The molecule has 2 heterocycles. The zero-order valence-corrected chi connectivity index (χ0v) is 28.7. The molecule has 50 heavy (non-hydrogen) atoms. The van der Waals surface area contributed by atoms with Crippen molar-refractivity contribution < 1.29 is 0 Å². The van der Waals surface area contributed by atoms with E-state index in [1.165, 1.54) is 77.0 Å². The van der Waals surface area contributed by atoms with Crippen molar-refractivity contribution in [2.45, 2.75) is 34.7 Å². The third kappa shape index (κ3) is 4.69. The first kappa shape index (κ1) is 30.7. The fraction of sp³-hybridized carbons (Fsp3) is 0.106. The maximum absolute atomic E-state index is 4.14. The first-order valence-electron chi connectivity index (χ1n) is 17.4. The molecule has 7 aromatic rings. The van der Waals surface area contributed by atoms with Gasteiger partial charge in [0.2, 0.25) is 0 Å². The molecule has 2 nitrogen and oxygen atoms in total. The highest BCUT2D eigenvalue weighted by molar-refractivity contribution is 7.98. The first-order chi connectivity index (χ1) is 24.8. The molecule has 1 aliphatic carbocycles. The van der Waals surface area contributed by atoms with Crippen LogP contribution in [0.1, 0.15) is 56.7 Å². The fourth-order valence-corrected chi connectivity index (χ4v) is 9.95. The summed E-state index contributed by atoms with van der Waals surface area (Å²) in [4.78, 5) is 1.38. The van der Waals surface area contributed by atoms with Crippen LogP contribution in [0.3, 0.4) is 0 Å². The maximum atomic E-state index is 4.14. The van der Waals surface area contributed by atoms with Crippen LogP contribution in [0.2, 0.25) is 0 Å². The Balaban J connectivity index is 0.00000165. The van der Waals surface area contributed by atoms with Crippen molar-refractivity contribution in [3.05, 3.63) is 215 Å². The minimum Gasteiger partial charge on any atom is -0.366 e. The average molecular weight is 663 g/mol. The lowest BCUT2D eigenvalue weighted by Crippen LogP contribution is -2.39. The second-order valence-electron chi connectivity index (χ2n) is 13.3. The van der Waals surface area contributed by atoms with Gasteiger partial charge in [0.05, 0.1) is 11.5 Å². The van der Waals surface area contributed by atoms with Gasteiger partial charge in [0.25, 0.3) is 0 Å². The van der Waals surface area contributed by atoms with Gasteiger partial charge in [-0.25, -0.2) is 0 Å². The van der Waals surface area contributed by atoms with E-state index in [0.717, 1.165) is 12.2 Å². The highest BCUT2D eigenvalue weighted by atomic mass is 32.2. The number of benzene rings is 7. The van der Waals surface area contributed by atoms with Crippen molar-refractivity contribution in [1.82, 2.24) is 5.32 Å². The lowest BCUT2D eigenvalue weighted by molar-refractivity contribution is 0.504. The molecule has 242 valence electrons. The summed E-state index contributed by atoms with van der Waals surface area (Å²) in [6.07, 6.45) is 0.853. The molecule has 2 unspecified atom stereocenters. The normalized spacial score (nSPS) is 17.8. The van der Waals surface area contributed by atoms with E-state index in [-0.39, 0.29) is 17.6 Å².